The molecule has 0 aliphatic carbocycles. The molecule has 1 amide bonds. The van der Waals surface area contributed by atoms with E-state index in [1.165, 1.54) is 12.1 Å². The van der Waals surface area contributed by atoms with Gasteiger partial charge in [-0.15, -0.1) is 0 Å². The van der Waals surface area contributed by atoms with Gasteiger partial charge in [-0.3, -0.25) is 14.9 Å². The van der Waals surface area contributed by atoms with Gasteiger partial charge in [-0.05, 0) is 29.0 Å². The van der Waals surface area contributed by atoms with Gasteiger partial charge in [0.25, 0.3) is 5.91 Å². The molecule has 0 aliphatic heterocycles. The van der Waals surface area contributed by atoms with Crippen molar-refractivity contribution < 1.29 is 19.2 Å². The van der Waals surface area contributed by atoms with E-state index in [0.29, 0.717) is 17.0 Å². The summed E-state index contributed by atoms with van der Waals surface area (Å²) in [6.45, 7) is -0.475. The molecule has 1 N–H and O–H groups in total. The molecule has 1 heterocycles. The van der Waals surface area contributed by atoms with Crippen molar-refractivity contribution in [3.05, 3.63) is 69.6 Å². The van der Waals surface area contributed by atoms with Crippen molar-refractivity contribution in [3.8, 4) is 0 Å². The number of carbonyl (C=O) groups is 2. The van der Waals surface area contributed by atoms with Crippen LogP contribution in [0, 0.1) is 10.1 Å². The first-order chi connectivity index (χ1) is 12.0. The first-order valence-corrected chi connectivity index (χ1v) is 8.04. The van der Waals surface area contributed by atoms with Gasteiger partial charge in [-0.2, -0.15) is 0 Å². The van der Waals surface area contributed by atoms with Crippen LogP contribution >= 0.6 is 11.3 Å². The molecule has 2 aromatic carbocycles. The third-order valence-electron chi connectivity index (χ3n) is 3.34. The van der Waals surface area contributed by atoms with Crippen LogP contribution in [0.1, 0.15) is 9.67 Å². The summed E-state index contributed by atoms with van der Waals surface area (Å²) < 4.78 is 4.88. The van der Waals surface area contributed by atoms with Crippen LogP contribution in [0.5, 0.6) is 0 Å². The van der Waals surface area contributed by atoms with Gasteiger partial charge < -0.3 is 10.1 Å². The lowest BCUT2D eigenvalue weighted by atomic mass is 10.1. The molecule has 0 atom stereocenters. The van der Waals surface area contributed by atoms with Gasteiger partial charge in [-0.1, -0.05) is 41.7 Å². The van der Waals surface area contributed by atoms with Crippen LogP contribution in [0.3, 0.4) is 0 Å². The summed E-state index contributed by atoms with van der Waals surface area (Å²) in [4.78, 5) is 33.8. The fraction of sp³-hybridized carbons (Fsp3) is 0.0588. The zero-order chi connectivity index (χ0) is 17.8. The minimum Gasteiger partial charge on any atom is -0.451 e. The van der Waals surface area contributed by atoms with E-state index in [2.05, 4.69) is 5.32 Å². The van der Waals surface area contributed by atoms with Gasteiger partial charge in [-0.25, -0.2) is 4.79 Å². The third-order valence-corrected chi connectivity index (χ3v) is 4.36. The van der Waals surface area contributed by atoms with Crippen molar-refractivity contribution >= 4 is 44.7 Å². The standard InChI is InChI=1S/C17H12N2O5S/c20-15(10-24-17(21)14-7-8-16(25-14)19(22)23)18-13-6-5-11-3-1-2-4-12(11)9-13/h1-9H,10H2,(H,18,20). The number of amides is 1. The molecule has 0 unspecified atom stereocenters. The highest BCUT2D eigenvalue weighted by atomic mass is 32.1. The fourth-order valence-electron chi connectivity index (χ4n) is 2.20. The van der Waals surface area contributed by atoms with E-state index >= 15 is 0 Å². The summed E-state index contributed by atoms with van der Waals surface area (Å²) >= 11 is 0.701. The SMILES string of the molecule is O=C(COC(=O)c1ccc([N+](=O)[O-])s1)Nc1ccc2ccccc2c1. The lowest BCUT2D eigenvalue weighted by Crippen LogP contribution is -2.20. The molecule has 3 aromatic rings. The van der Waals surface area contributed by atoms with Crippen molar-refractivity contribution in [2.24, 2.45) is 0 Å². The number of fused-ring (bicyclic) bond motifs is 1. The van der Waals surface area contributed by atoms with E-state index < -0.39 is 23.4 Å². The molecule has 8 heteroatoms. The number of hydrogen-bond acceptors (Lipinski definition) is 6. The van der Waals surface area contributed by atoms with Crippen LogP contribution in [0.15, 0.2) is 54.6 Å². The predicted octanol–water partition coefficient (Wildman–Crippen LogP) is 3.61. The first kappa shape index (κ1) is 16.6. The Morgan fingerprint density at radius 3 is 2.56 bits per heavy atom. The lowest BCUT2D eigenvalue weighted by Gasteiger charge is -2.07. The number of nitro groups is 1. The maximum absolute atomic E-state index is 11.9. The number of benzene rings is 2. The van der Waals surface area contributed by atoms with E-state index in [1.54, 1.807) is 6.07 Å². The summed E-state index contributed by atoms with van der Waals surface area (Å²) in [5, 5.41) is 15.1. The monoisotopic (exact) mass is 356 g/mol. The molecule has 0 bridgehead atoms. The number of anilines is 1. The molecule has 1 aromatic heterocycles. The quantitative estimate of drug-likeness (QED) is 0.428. The lowest BCUT2D eigenvalue weighted by molar-refractivity contribution is -0.380. The molecular weight excluding hydrogens is 344 g/mol. The molecule has 25 heavy (non-hydrogen) atoms. The van der Waals surface area contributed by atoms with Crippen LogP contribution in [-0.2, 0) is 9.53 Å². The average molecular weight is 356 g/mol. The van der Waals surface area contributed by atoms with Gasteiger partial charge in [0.05, 0.1) is 4.92 Å². The highest BCUT2D eigenvalue weighted by Gasteiger charge is 2.17. The highest BCUT2D eigenvalue weighted by molar-refractivity contribution is 7.17. The normalized spacial score (nSPS) is 10.4. The number of carbonyl (C=O) groups excluding carboxylic acids is 2. The van der Waals surface area contributed by atoms with E-state index in [0.717, 1.165) is 10.8 Å². The molecule has 0 spiro atoms. The second-order valence-electron chi connectivity index (χ2n) is 5.08. The molecule has 0 saturated carbocycles. The van der Waals surface area contributed by atoms with Gasteiger partial charge in [0.1, 0.15) is 4.88 Å². The minimum absolute atomic E-state index is 0.0743. The van der Waals surface area contributed by atoms with E-state index in [4.69, 9.17) is 4.74 Å². The maximum atomic E-state index is 11.9. The number of ether oxygens (including phenoxy) is 1. The van der Waals surface area contributed by atoms with Crippen LogP contribution in [0.4, 0.5) is 10.7 Å². The van der Waals surface area contributed by atoms with E-state index in [1.807, 2.05) is 36.4 Å². The number of rotatable bonds is 5. The Labute approximate surface area is 146 Å². The Kier molecular flexibility index (Phi) is 4.71. The van der Waals surface area contributed by atoms with E-state index in [-0.39, 0.29) is 9.88 Å². The number of hydrogen-bond donors (Lipinski definition) is 1. The number of esters is 1. The third kappa shape index (κ3) is 3.99. The fourth-order valence-corrected chi connectivity index (χ4v) is 2.92. The summed E-state index contributed by atoms with van der Waals surface area (Å²) in [6, 6.07) is 15.7. The average Bonchev–Trinajstić information content (AvgIpc) is 3.10. The van der Waals surface area contributed by atoms with Crippen molar-refractivity contribution in [1.29, 1.82) is 0 Å². The molecule has 3 rings (SSSR count). The van der Waals surface area contributed by atoms with Crippen LogP contribution in [0.2, 0.25) is 0 Å². The summed E-state index contributed by atoms with van der Waals surface area (Å²) in [6.07, 6.45) is 0. The number of nitrogens with one attached hydrogen (secondary N) is 1. The second-order valence-corrected chi connectivity index (χ2v) is 6.14. The smallest absolute Gasteiger partial charge is 0.349 e. The van der Waals surface area contributed by atoms with Crippen molar-refractivity contribution in [1.82, 2.24) is 0 Å². The summed E-state index contributed by atoms with van der Waals surface area (Å²) in [5.41, 5.74) is 0.589. The molecule has 0 fully saturated rings. The number of thiophene rings is 1. The van der Waals surface area contributed by atoms with Gasteiger partial charge in [0.15, 0.2) is 6.61 Å². The zero-order valence-electron chi connectivity index (χ0n) is 12.8. The largest absolute Gasteiger partial charge is 0.451 e. The molecule has 0 radical (unpaired) electrons. The van der Waals surface area contributed by atoms with Gasteiger partial charge in [0, 0.05) is 11.8 Å². The van der Waals surface area contributed by atoms with Gasteiger partial charge >= 0.3 is 11.0 Å². The van der Waals surface area contributed by atoms with Crippen molar-refractivity contribution in [3.63, 3.8) is 0 Å². The minimum atomic E-state index is -0.772. The first-order valence-electron chi connectivity index (χ1n) is 7.23. The number of nitrogens with zero attached hydrogens (tertiary/aromatic N) is 1. The van der Waals surface area contributed by atoms with Crippen molar-refractivity contribution in [2.75, 3.05) is 11.9 Å². The Morgan fingerprint density at radius 2 is 1.84 bits per heavy atom. The molecular formula is C17H12N2O5S. The molecule has 0 aliphatic rings. The van der Waals surface area contributed by atoms with E-state index in [9.17, 15) is 19.7 Å². The Bertz CT molecular complexity index is 966. The topological polar surface area (TPSA) is 98.5 Å². The Balaban J connectivity index is 1.58. The highest BCUT2D eigenvalue weighted by Crippen LogP contribution is 2.24. The summed E-state index contributed by atoms with van der Waals surface area (Å²) in [7, 11) is 0. The van der Waals surface area contributed by atoms with Crippen LogP contribution in [0.25, 0.3) is 10.8 Å². The van der Waals surface area contributed by atoms with Gasteiger partial charge in [0.2, 0.25) is 0 Å². The molecule has 7 nitrogen and oxygen atoms in total. The second kappa shape index (κ2) is 7.10. The zero-order valence-corrected chi connectivity index (χ0v) is 13.6. The van der Waals surface area contributed by atoms with Crippen LogP contribution < -0.4 is 5.32 Å². The Hall–Kier alpha value is -3.26. The maximum Gasteiger partial charge on any atom is 0.349 e. The van der Waals surface area contributed by atoms with Crippen molar-refractivity contribution in [2.45, 2.75) is 0 Å². The Morgan fingerprint density at radius 1 is 1.08 bits per heavy atom. The van der Waals surface area contributed by atoms with Crippen LogP contribution in [-0.4, -0.2) is 23.4 Å². The molecule has 0 saturated heterocycles. The molecule has 126 valence electrons. The summed E-state index contributed by atoms with van der Waals surface area (Å²) in [5.74, 6) is -1.26. The predicted molar refractivity (Wildman–Crippen MR) is 93.8 cm³/mol.